The summed E-state index contributed by atoms with van der Waals surface area (Å²) in [5.41, 5.74) is 0.507. The van der Waals surface area contributed by atoms with E-state index in [2.05, 4.69) is 47.8 Å². The molecule has 0 aromatic rings. The van der Waals surface area contributed by atoms with Crippen molar-refractivity contribution in [3.63, 3.8) is 0 Å². The van der Waals surface area contributed by atoms with E-state index in [9.17, 15) is 9.59 Å². The van der Waals surface area contributed by atoms with Crippen molar-refractivity contribution >= 4 is 11.8 Å². The second-order valence-corrected chi connectivity index (χ2v) is 10.3. The Morgan fingerprint density at radius 1 is 0.595 bits per heavy atom. The SMILES string of the molecule is C=C(C)C(=O)NCCCNC(=O)CCCCCCCCCC#CC#CCCCCCCCCCCCC. The summed E-state index contributed by atoms with van der Waals surface area (Å²) in [7, 11) is 0. The Morgan fingerprint density at radius 3 is 1.51 bits per heavy atom. The summed E-state index contributed by atoms with van der Waals surface area (Å²) in [4.78, 5) is 23.2. The van der Waals surface area contributed by atoms with Gasteiger partial charge in [0.05, 0.1) is 0 Å². The molecule has 0 unspecified atom stereocenters. The third kappa shape index (κ3) is 28.2. The van der Waals surface area contributed by atoms with Gasteiger partial charge in [-0.05, 0) is 44.4 Å². The van der Waals surface area contributed by atoms with Crippen LogP contribution in [-0.2, 0) is 9.59 Å². The minimum absolute atomic E-state index is 0.108. The Morgan fingerprint density at radius 2 is 1.03 bits per heavy atom. The van der Waals surface area contributed by atoms with Crippen LogP contribution in [-0.4, -0.2) is 24.9 Å². The Labute approximate surface area is 229 Å². The number of unbranched alkanes of at least 4 members (excludes halogenated alkanes) is 17. The smallest absolute Gasteiger partial charge is 0.246 e. The maximum atomic E-state index is 11.8. The molecule has 0 aliphatic heterocycles. The zero-order valence-corrected chi connectivity index (χ0v) is 24.3. The fourth-order valence-electron chi connectivity index (χ4n) is 4.05. The number of rotatable bonds is 24. The predicted molar refractivity (Wildman–Crippen MR) is 159 cm³/mol. The van der Waals surface area contributed by atoms with E-state index in [0.29, 0.717) is 25.1 Å². The summed E-state index contributed by atoms with van der Waals surface area (Å²) in [5.74, 6) is 12.4. The topological polar surface area (TPSA) is 58.2 Å². The molecule has 0 bridgehead atoms. The molecule has 2 amide bonds. The lowest BCUT2D eigenvalue weighted by Gasteiger charge is -2.07. The van der Waals surface area contributed by atoms with Gasteiger partial charge in [-0.1, -0.05) is 115 Å². The van der Waals surface area contributed by atoms with E-state index in [1.807, 2.05) is 0 Å². The van der Waals surface area contributed by atoms with E-state index in [1.54, 1.807) is 6.92 Å². The third-order valence-electron chi connectivity index (χ3n) is 6.45. The number of nitrogens with one attached hydrogen (secondary N) is 2. The maximum Gasteiger partial charge on any atom is 0.246 e. The van der Waals surface area contributed by atoms with Crippen molar-refractivity contribution in [2.24, 2.45) is 0 Å². The first kappa shape index (κ1) is 34.8. The van der Waals surface area contributed by atoms with Gasteiger partial charge in [-0.3, -0.25) is 9.59 Å². The molecule has 0 atom stereocenters. The normalized spacial score (nSPS) is 10.1. The van der Waals surface area contributed by atoms with Crippen LogP contribution in [0.5, 0.6) is 0 Å². The first-order chi connectivity index (χ1) is 18.1. The highest BCUT2D eigenvalue weighted by molar-refractivity contribution is 5.92. The Bertz CT molecular complexity index is 705. The van der Waals surface area contributed by atoms with Crippen LogP contribution in [0.2, 0.25) is 0 Å². The van der Waals surface area contributed by atoms with Crippen LogP contribution >= 0.6 is 0 Å². The van der Waals surface area contributed by atoms with Crippen molar-refractivity contribution in [1.82, 2.24) is 10.6 Å². The zero-order chi connectivity index (χ0) is 27.2. The monoisotopic (exact) mass is 512 g/mol. The molecule has 4 nitrogen and oxygen atoms in total. The predicted octanol–water partition coefficient (Wildman–Crippen LogP) is 8.01. The van der Waals surface area contributed by atoms with Crippen LogP contribution < -0.4 is 10.6 Å². The lowest BCUT2D eigenvalue weighted by atomic mass is 10.1. The molecule has 0 aromatic carbocycles. The van der Waals surface area contributed by atoms with Gasteiger partial charge in [-0.15, -0.1) is 0 Å². The fraction of sp³-hybridized carbons (Fsp3) is 0.758. The van der Waals surface area contributed by atoms with E-state index >= 15 is 0 Å². The Balaban J connectivity index is 3.35. The molecular formula is C33H56N2O2. The van der Waals surface area contributed by atoms with Gasteiger partial charge in [-0.2, -0.15) is 0 Å². The molecular weight excluding hydrogens is 456 g/mol. The third-order valence-corrected chi connectivity index (χ3v) is 6.45. The molecule has 0 spiro atoms. The van der Waals surface area contributed by atoms with Crippen LogP contribution in [0.1, 0.15) is 149 Å². The molecule has 0 aromatic heterocycles. The molecule has 37 heavy (non-hydrogen) atoms. The summed E-state index contributed by atoms with van der Waals surface area (Å²) < 4.78 is 0. The van der Waals surface area contributed by atoms with Gasteiger partial charge in [0.15, 0.2) is 0 Å². The van der Waals surface area contributed by atoms with Crippen molar-refractivity contribution in [2.45, 2.75) is 149 Å². The summed E-state index contributed by atoms with van der Waals surface area (Å²) in [6.45, 7) is 8.71. The summed E-state index contributed by atoms with van der Waals surface area (Å²) in [5, 5.41) is 5.68. The number of carbonyl (C=O) groups excluding carboxylic acids is 2. The highest BCUT2D eigenvalue weighted by Gasteiger charge is 2.02. The van der Waals surface area contributed by atoms with Crippen LogP contribution in [0.3, 0.4) is 0 Å². The van der Waals surface area contributed by atoms with E-state index in [1.165, 1.54) is 89.9 Å². The summed E-state index contributed by atoms with van der Waals surface area (Å²) >= 11 is 0. The molecule has 0 aliphatic carbocycles. The highest BCUT2D eigenvalue weighted by Crippen LogP contribution is 2.11. The van der Waals surface area contributed by atoms with Crippen molar-refractivity contribution in [3.05, 3.63) is 12.2 Å². The van der Waals surface area contributed by atoms with Crippen molar-refractivity contribution < 1.29 is 9.59 Å². The van der Waals surface area contributed by atoms with E-state index < -0.39 is 0 Å². The summed E-state index contributed by atoms with van der Waals surface area (Å²) in [6, 6.07) is 0. The van der Waals surface area contributed by atoms with Gasteiger partial charge in [0.1, 0.15) is 0 Å². The number of carbonyl (C=O) groups is 2. The van der Waals surface area contributed by atoms with Gasteiger partial charge >= 0.3 is 0 Å². The maximum absolute atomic E-state index is 11.8. The minimum atomic E-state index is -0.126. The largest absolute Gasteiger partial charge is 0.356 e. The second kappa shape index (κ2) is 28.4. The molecule has 210 valence electrons. The van der Waals surface area contributed by atoms with Crippen LogP contribution in [0.4, 0.5) is 0 Å². The van der Waals surface area contributed by atoms with Gasteiger partial charge in [0, 0.05) is 37.9 Å². The van der Waals surface area contributed by atoms with Crippen LogP contribution in [0.25, 0.3) is 0 Å². The first-order valence-corrected chi connectivity index (χ1v) is 15.2. The average molecular weight is 513 g/mol. The van der Waals surface area contributed by atoms with Gasteiger partial charge in [0.25, 0.3) is 0 Å². The van der Waals surface area contributed by atoms with Crippen molar-refractivity contribution in [2.75, 3.05) is 13.1 Å². The minimum Gasteiger partial charge on any atom is -0.356 e. The summed E-state index contributed by atoms with van der Waals surface area (Å²) in [6.07, 6.45) is 25.0. The lowest BCUT2D eigenvalue weighted by molar-refractivity contribution is -0.121. The molecule has 0 aliphatic rings. The molecule has 0 heterocycles. The van der Waals surface area contributed by atoms with E-state index in [0.717, 1.165) is 38.5 Å². The van der Waals surface area contributed by atoms with Crippen molar-refractivity contribution in [3.8, 4) is 23.7 Å². The number of amides is 2. The number of hydrogen-bond acceptors (Lipinski definition) is 2. The van der Waals surface area contributed by atoms with E-state index in [-0.39, 0.29) is 11.8 Å². The number of hydrogen-bond donors (Lipinski definition) is 2. The molecule has 4 heteroatoms. The van der Waals surface area contributed by atoms with Gasteiger partial charge in [-0.25, -0.2) is 0 Å². The van der Waals surface area contributed by atoms with Crippen molar-refractivity contribution in [1.29, 1.82) is 0 Å². The highest BCUT2D eigenvalue weighted by atomic mass is 16.2. The van der Waals surface area contributed by atoms with Crippen LogP contribution in [0.15, 0.2) is 12.2 Å². The van der Waals surface area contributed by atoms with Crippen LogP contribution in [0, 0.1) is 23.7 Å². The zero-order valence-electron chi connectivity index (χ0n) is 24.3. The lowest BCUT2D eigenvalue weighted by Crippen LogP contribution is -2.29. The molecule has 0 saturated carbocycles. The fourth-order valence-corrected chi connectivity index (χ4v) is 4.05. The Kier molecular flexibility index (Phi) is 26.7. The second-order valence-electron chi connectivity index (χ2n) is 10.3. The van der Waals surface area contributed by atoms with Gasteiger partial charge < -0.3 is 10.6 Å². The molecule has 0 radical (unpaired) electrons. The first-order valence-electron chi connectivity index (χ1n) is 15.2. The van der Waals surface area contributed by atoms with Gasteiger partial charge in [0.2, 0.25) is 11.8 Å². The van der Waals surface area contributed by atoms with E-state index in [4.69, 9.17) is 0 Å². The molecule has 0 saturated heterocycles. The standard InChI is InChI=1S/C33H56N2O2/c1-4-5-6-7-8-9-10-11-12-13-14-15-16-17-18-19-20-21-22-23-24-25-26-28-32(36)34-29-27-30-35-33(37)31(2)3/h2,4-14,19-30H2,1,3H3,(H,34,36)(H,35,37). The molecule has 0 fully saturated rings. The average Bonchev–Trinajstić information content (AvgIpc) is 2.88. The quantitative estimate of drug-likeness (QED) is 0.0781. The molecule has 2 N–H and O–H groups in total. The Hall–Kier alpha value is -2.20. The molecule has 0 rings (SSSR count).